The summed E-state index contributed by atoms with van der Waals surface area (Å²) in [6.45, 7) is 5.67. The topological polar surface area (TPSA) is 73.2 Å². The van der Waals surface area contributed by atoms with Gasteiger partial charge in [0.1, 0.15) is 23.0 Å². The molecule has 4 rings (SSSR count). The zero-order valence-electron chi connectivity index (χ0n) is 18.2. The average Bonchev–Trinajstić information content (AvgIpc) is 2.75. The van der Waals surface area contributed by atoms with Crippen molar-refractivity contribution in [3.8, 4) is 28.7 Å². The number of anilines is 3. The molecule has 0 aliphatic carbocycles. The van der Waals surface area contributed by atoms with Crippen LogP contribution in [0.15, 0.2) is 78.9 Å². The van der Waals surface area contributed by atoms with Crippen molar-refractivity contribution in [1.82, 2.24) is 0 Å². The molecule has 0 fully saturated rings. The molecule has 0 heterocycles. The highest BCUT2D eigenvalue weighted by atomic mass is 16.5. The summed E-state index contributed by atoms with van der Waals surface area (Å²) in [6, 6.07) is 23.2. The predicted molar refractivity (Wildman–Crippen MR) is 127 cm³/mol. The van der Waals surface area contributed by atoms with Crippen molar-refractivity contribution in [2.45, 2.75) is 20.8 Å². The van der Waals surface area contributed by atoms with Gasteiger partial charge in [0.25, 0.3) is 0 Å². The van der Waals surface area contributed by atoms with E-state index in [1.54, 1.807) is 43.3 Å². The van der Waals surface area contributed by atoms with Crippen LogP contribution < -0.4 is 9.64 Å². The van der Waals surface area contributed by atoms with E-state index < -0.39 is 0 Å². The molecule has 0 aliphatic rings. The van der Waals surface area contributed by atoms with Gasteiger partial charge >= 0.3 is 0 Å². The molecule has 32 heavy (non-hydrogen) atoms. The largest absolute Gasteiger partial charge is 0.508 e. The fraction of sp³-hybridized carbons (Fsp3) is 0.111. The summed E-state index contributed by atoms with van der Waals surface area (Å²) in [7, 11) is 0. The van der Waals surface area contributed by atoms with E-state index >= 15 is 0 Å². The van der Waals surface area contributed by atoms with Gasteiger partial charge in [-0.25, -0.2) is 0 Å². The lowest BCUT2D eigenvalue weighted by Crippen LogP contribution is -2.13. The van der Waals surface area contributed by atoms with Crippen molar-refractivity contribution in [3.05, 3.63) is 95.6 Å². The minimum Gasteiger partial charge on any atom is -0.508 e. The molecule has 0 amide bonds. The first-order valence-electron chi connectivity index (χ1n) is 10.3. The molecular weight excluding hydrogens is 402 g/mol. The van der Waals surface area contributed by atoms with Crippen LogP contribution in [0.25, 0.3) is 0 Å². The van der Waals surface area contributed by atoms with Gasteiger partial charge in [0.05, 0.1) is 5.69 Å². The van der Waals surface area contributed by atoms with Crippen LogP contribution in [0, 0.1) is 20.8 Å². The number of hydrogen-bond donors (Lipinski definition) is 3. The van der Waals surface area contributed by atoms with Crippen LogP contribution in [-0.2, 0) is 0 Å². The fourth-order valence-corrected chi connectivity index (χ4v) is 3.73. The van der Waals surface area contributed by atoms with E-state index in [9.17, 15) is 15.3 Å². The number of phenolic OH excluding ortho intramolecular Hbond substituents is 3. The highest BCUT2D eigenvalue weighted by Gasteiger charge is 2.21. The lowest BCUT2D eigenvalue weighted by molar-refractivity contribution is 0.448. The summed E-state index contributed by atoms with van der Waals surface area (Å²) in [5.41, 5.74) is 4.90. The molecule has 5 nitrogen and oxygen atoms in total. The molecule has 0 aromatic heterocycles. The highest BCUT2D eigenvalue weighted by Crippen LogP contribution is 2.45. The maximum atomic E-state index is 10.1. The van der Waals surface area contributed by atoms with Crippen LogP contribution in [0.2, 0.25) is 0 Å². The summed E-state index contributed by atoms with van der Waals surface area (Å²) in [5.74, 6) is 1.70. The molecule has 0 unspecified atom stereocenters. The highest BCUT2D eigenvalue weighted by molar-refractivity contribution is 5.83. The first kappa shape index (κ1) is 21.1. The van der Waals surface area contributed by atoms with E-state index in [2.05, 4.69) is 0 Å². The van der Waals surface area contributed by atoms with E-state index in [1.807, 2.05) is 61.2 Å². The van der Waals surface area contributed by atoms with Crippen molar-refractivity contribution >= 4 is 17.1 Å². The Morgan fingerprint density at radius 3 is 1.75 bits per heavy atom. The first-order valence-corrected chi connectivity index (χ1v) is 10.3. The van der Waals surface area contributed by atoms with E-state index in [1.165, 1.54) is 0 Å². The van der Waals surface area contributed by atoms with Crippen molar-refractivity contribution in [1.29, 1.82) is 0 Å². The quantitative estimate of drug-likeness (QED) is 0.320. The third kappa shape index (κ3) is 4.05. The van der Waals surface area contributed by atoms with Gasteiger partial charge in [-0.2, -0.15) is 0 Å². The Morgan fingerprint density at radius 2 is 1.16 bits per heavy atom. The van der Waals surface area contributed by atoms with Crippen LogP contribution in [0.4, 0.5) is 17.1 Å². The van der Waals surface area contributed by atoms with E-state index in [0.717, 1.165) is 28.2 Å². The van der Waals surface area contributed by atoms with E-state index in [0.29, 0.717) is 17.1 Å². The van der Waals surface area contributed by atoms with Crippen LogP contribution in [0.1, 0.15) is 16.7 Å². The van der Waals surface area contributed by atoms with Gasteiger partial charge in [0, 0.05) is 16.9 Å². The Hall–Kier alpha value is -4.12. The van der Waals surface area contributed by atoms with Gasteiger partial charge in [0.15, 0.2) is 5.75 Å². The summed E-state index contributed by atoms with van der Waals surface area (Å²) >= 11 is 0. The van der Waals surface area contributed by atoms with Crippen LogP contribution in [0.3, 0.4) is 0 Å². The number of benzene rings is 4. The van der Waals surface area contributed by atoms with Gasteiger partial charge in [0.2, 0.25) is 0 Å². The van der Waals surface area contributed by atoms with Crippen LogP contribution >= 0.6 is 0 Å². The maximum Gasteiger partial charge on any atom is 0.151 e. The Balaban J connectivity index is 1.92. The van der Waals surface area contributed by atoms with Gasteiger partial charge in [-0.05, 0) is 92.6 Å². The van der Waals surface area contributed by atoms with E-state index in [4.69, 9.17) is 4.74 Å². The average molecular weight is 428 g/mol. The number of hydrogen-bond acceptors (Lipinski definition) is 5. The smallest absolute Gasteiger partial charge is 0.151 e. The predicted octanol–water partition coefficient (Wildman–Crippen LogP) is 6.99. The zero-order chi connectivity index (χ0) is 22.8. The van der Waals surface area contributed by atoms with Gasteiger partial charge < -0.3 is 25.0 Å². The normalized spacial score (nSPS) is 10.7. The minimum atomic E-state index is 0.167. The molecule has 0 spiro atoms. The second-order valence-corrected chi connectivity index (χ2v) is 7.75. The molecule has 5 heteroatoms. The number of ether oxygens (including phenoxy) is 1. The van der Waals surface area contributed by atoms with Crippen molar-refractivity contribution in [3.63, 3.8) is 0 Å². The molecule has 162 valence electrons. The molecule has 3 N–H and O–H groups in total. The van der Waals surface area contributed by atoms with Crippen LogP contribution in [-0.4, -0.2) is 15.3 Å². The van der Waals surface area contributed by atoms with Crippen LogP contribution in [0.5, 0.6) is 28.7 Å². The molecule has 0 atom stereocenters. The lowest BCUT2D eigenvalue weighted by Gasteiger charge is -2.30. The Kier molecular flexibility index (Phi) is 5.65. The van der Waals surface area contributed by atoms with Crippen molar-refractivity contribution in [2.24, 2.45) is 0 Å². The molecule has 0 saturated carbocycles. The standard InChI is InChI=1S/C27H25NO4/c1-17-15-20(29)11-13-22(17)28(23-14-12-21(30)16-18(23)2)24-7-4-5-9-27(24)32-26-10-6-8-25(31)19(26)3/h4-16,29-31H,1-3H3. The van der Waals surface area contributed by atoms with Gasteiger partial charge in [-0.3, -0.25) is 0 Å². The number of phenols is 3. The molecule has 0 aliphatic heterocycles. The molecule has 0 bridgehead atoms. The van der Waals surface area contributed by atoms with Gasteiger partial charge in [-0.15, -0.1) is 0 Å². The molecule has 0 saturated heterocycles. The number of nitrogens with zero attached hydrogens (tertiary/aromatic N) is 1. The summed E-state index contributed by atoms with van der Waals surface area (Å²) in [5, 5.41) is 30.0. The third-order valence-electron chi connectivity index (χ3n) is 5.42. The third-order valence-corrected chi connectivity index (χ3v) is 5.42. The second kappa shape index (κ2) is 8.55. The van der Waals surface area contributed by atoms with Crippen molar-refractivity contribution in [2.75, 3.05) is 4.90 Å². The molecule has 4 aromatic carbocycles. The fourth-order valence-electron chi connectivity index (χ4n) is 3.73. The molecule has 0 radical (unpaired) electrons. The van der Waals surface area contributed by atoms with Gasteiger partial charge in [-0.1, -0.05) is 18.2 Å². The molecule has 4 aromatic rings. The monoisotopic (exact) mass is 427 g/mol. The number of aryl methyl sites for hydroxylation is 2. The Labute approximate surface area is 187 Å². The number of para-hydroxylation sites is 2. The van der Waals surface area contributed by atoms with E-state index in [-0.39, 0.29) is 17.2 Å². The summed E-state index contributed by atoms with van der Waals surface area (Å²) < 4.78 is 6.27. The summed E-state index contributed by atoms with van der Waals surface area (Å²) in [4.78, 5) is 2.04. The number of aromatic hydroxyl groups is 3. The Morgan fingerprint density at radius 1 is 0.594 bits per heavy atom. The maximum absolute atomic E-state index is 10.1. The molecular formula is C27H25NO4. The SMILES string of the molecule is Cc1cc(O)ccc1N(c1ccc(O)cc1C)c1ccccc1Oc1cccc(O)c1C. The second-order valence-electron chi connectivity index (χ2n) is 7.75. The Bertz CT molecular complexity index is 1230. The first-order chi connectivity index (χ1) is 15.3. The van der Waals surface area contributed by atoms with Crippen molar-refractivity contribution < 1.29 is 20.1 Å². The summed E-state index contributed by atoms with van der Waals surface area (Å²) in [6.07, 6.45) is 0. The zero-order valence-corrected chi connectivity index (χ0v) is 18.2. The lowest BCUT2D eigenvalue weighted by atomic mass is 10.1. The number of rotatable bonds is 5. The minimum absolute atomic E-state index is 0.167.